The van der Waals surface area contributed by atoms with E-state index < -0.39 is 0 Å². The van der Waals surface area contributed by atoms with Crippen LogP contribution < -0.4 is 15.4 Å². The normalized spacial score (nSPS) is 22.9. The molecule has 0 unspecified atom stereocenters. The number of nitrogens with zero attached hydrogens (tertiary/aromatic N) is 1. The van der Waals surface area contributed by atoms with Gasteiger partial charge in [0.15, 0.2) is 0 Å². The lowest BCUT2D eigenvalue weighted by Gasteiger charge is -2.33. The number of benzene rings is 1. The van der Waals surface area contributed by atoms with Crippen molar-refractivity contribution >= 4 is 11.9 Å². The molecule has 1 saturated heterocycles. The van der Waals surface area contributed by atoms with Gasteiger partial charge in [0.25, 0.3) is 0 Å². The molecule has 2 atom stereocenters. The molecule has 0 aromatic heterocycles. The topological polar surface area (TPSA) is 70.7 Å². The molecule has 2 aliphatic rings. The van der Waals surface area contributed by atoms with Crippen LogP contribution in [-0.4, -0.2) is 48.6 Å². The highest BCUT2D eigenvalue weighted by atomic mass is 16.5. The van der Waals surface area contributed by atoms with Crippen molar-refractivity contribution in [3.8, 4) is 5.75 Å². The second-order valence-electron chi connectivity index (χ2n) is 6.22. The molecule has 3 amide bonds. The van der Waals surface area contributed by atoms with Crippen LogP contribution in [0.1, 0.15) is 25.3 Å². The van der Waals surface area contributed by atoms with Crippen LogP contribution in [0.3, 0.4) is 0 Å². The number of hydrogen-bond donors (Lipinski definition) is 2. The van der Waals surface area contributed by atoms with E-state index in [1.54, 1.807) is 4.90 Å². The number of urea groups is 1. The summed E-state index contributed by atoms with van der Waals surface area (Å²) in [5, 5.41) is 5.84. The van der Waals surface area contributed by atoms with Crippen molar-refractivity contribution in [1.82, 2.24) is 15.5 Å². The van der Waals surface area contributed by atoms with E-state index in [1.165, 1.54) is 12.5 Å². The molecule has 2 heterocycles. The zero-order chi connectivity index (χ0) is 16.2. The third-order valence-electron chi connectivity index (χ3n) is 4.31. The van der Waals surface area contributed by atoms with Crippen molar-refractivity contribution in [2.45, 2.75) is 38.3 Å². The fourth-order valence-corrected chi connectivity index (χ4v) is 3.25. The maximum Gasteiger partial charge on any atom is 0.317 e. The van der Waals surface area contributed by atoms with Gasteiger partial charge < -0.3 is 20.3 Å². The summed E-state index contributed by atoms with van der Waals surface area (Å²) in [5.41, 5.74) is 1.19. The van der Waals surface area contributed by atoms with Crippen molar-refractivity contribution < 1.29 is 14.3 Å². The molecular formula is C17H23N3O3. The van der Waals surface area contributed by atoms with E-state index in [-0.39, 0.29) is 24.1 Å². The first-order valence-corrected chi connectivity index (χ1v) is 8.16. The number of carbonyl (C=O) groups excluding carboxylic acids is 2. The first-order chi connectivity index (χ1) is 11.1. The average molecular weight is 317 g/mol. The van der Waals surface area contributed by atoms with Gasteiger partial charge in [-0.3, -0.25) is 4.79 Å². The average Bonchev–Trinajstić information content (AvgIpc) is 2.95. The summed E-state index contributed by atoms with van der Waals surface area (Å²) < 4.78 is 5.83. The van der Waals surface area contributed by atoms with Gasteiger partial charge in [0.2, 0.25) is 5.91 Å². The quantitative estimate of drug-likeness (QED) is 0.883. The van der Waals surface area contributed by atoms with Gasteiger partial charge in [-0.15, -0.1) is 0 Å². The van der Waals surface area contributed by atoms with Gasteiger partial charge in [-0.05, 0) is 24.5 Å². The highest BCUT2D eigenvalue weighted by Gasteiger charge is 2.26. The largest absolute Gasteiger partial charge is 0.488 e. The van der Waals surface area contributed by atoms with E-state index in [0.717, 1.165) is 31.6 Å². The smallest absolute Gasteiger partial charge is 0.317 e. The monoisotopic (exact) mass is 317 g/mol. The molecule has 0 aliphatic carbocycles. The predicted molar refractivity (Wildman–Crippen MR) is 86.4 cm³/mol. The molecule has 0 radical (unpaired) electrons. The van der Waals surface area contributed by atoms with Crippen molar-refractivity contribution in [3.05, 3.63) is 29.8 Å². The zero-order valence-corrected chi connectivity index (χ0v) is 13.4. The molecule has 1 aromatic rings. The van der Waals surface area contributed by atoms with E-state index in [1.807, 2.05) is 18.2 Å². The summed E-state index contributed by atoms with van der Waals surface area (Å²) in [7, 11) is 0. The fourth-order valence-electron chi connectivity index (χ4n) is 3.25. The lowest BCUT2D eigenvalue weighted by atomic mass is 10.1. The van der Waals surface area contributed by atoms with Crippen LogP contribution in [0.4, 0.5) is 4.79 Å². The minimum atomic E-state index is -0.0837. The maximum atomic E-state index is 12.3. The van der Waals surface area contributed by atoms with Crippen LogP contribution in [-0.2, 0) is 11.2 Å². The SMILES string of the molecule is CC(=O)N[C@@H]1CCCN(C(=O)NC[C@H]2Cc3ccccc3O2)C1. The molecule has 3 rings (SSSR count). The molecule has 6 nitrogen and oxygen atoms in total. The molecule has 6 heteroatoms. The highest BCUT2D eigenvalue weighted by molar-refractivity contribution is 5.75. The number of hydrogen-bond acceptors (Lipinski definition) is 3. The molecule has 0 saturated carbocycles. The molecule has 124 valence electrons. The lowest BCUT2D eigenvalue weighted by molar-refractivity contribution is -0.119. The van der Waals surface area contributed by atoms with Gasteiger partial charge in [0.1, 0.15) is 11.9 Å². The Hall–Kier alpha value is -2.24. The molecular weight excluding hydrogens is 294 g/mol. The number of rotatable bonds is 3. The van der Waals surface area contributed by atoms with Crippen molar-refractivity contribution in [3.63, 3.8) is 0 Å². The fraction of sp³-hybridized carbons (Fsp3) is 0.529. The Bertz CT molecular complexity index is 565. The van der Waals surface area contributed by atoms with Gasteiger partial charge >= 0.3 is 6.03 Å². The molecule has 2 aliphatic heterocycles. The first kappa shape index (κ1) is 15.6. The number of nitrogens with one attached hydrogen (secondary N) is 2. The highest BCUT2D eigenvalue weighted by Crippen LogP contribution is 2.27. The second-order valence-corrected chi connectivity index (χ2v) is 6.22. The number of para-hydroxylation sites is 1. The Balaban J connectivity index is 1.46. The molecule has 2 N–H and O–H groups in total. The summed E-state index contributed by atoms with van der Waals surface area (Å²) in [6, 6.07) is 7.94. The van der Waals surface area contributed by atoms with Crippen molar-refractivity contribution in [2.24, 2.45) is 0 Å². The third-order valence-corrected chi connectivity index (χ3v) is 4.31. The van der Waals surface area contributed by atoms with E-state index in [2.05, 4.69) is 16.7 Å². The summed E-state index contributed by atoms with van der Waals surface area (Å²) in [4.78, 5) is 25.2. The number of fused-ring (bicyclic) bond motifs is 1. The summed E-state index contributed by atoms with van der Waals surface area (Å²) >= 11 is 0. The number of likely N-dealkylation sites (tertiary alicyclic amines) is 1. The zero-order valence-electron chi connectivity index (χ0n) is 13.4. The van der Waals surface area contributed by atoms with Crippen LogP contribution in [0.15, 0.2) is 24.3 Å². The molecule has 1 aromatic carbocycles. The van der Waals surface area contributed by atoms with Gasteiger partial charge in [-0.1, -0.05) is 18.2 Å². The minimum Gasteiger partial charge on any atom is -0.488 e. The third kappa shape index (κ3) is 3.94. The number of amides is 3. The number of piperidine rings is 1. The van der Waals surface area contributed by atoms with Crippen LogP contribution >= 0.6 is 0 Å². The van der Waals surface area contributed by atoms with Gasteiger partial charge in [-0.25, -0.2) is 4.79 Å². The lowest BCUT2D eigenvalue weighted by Crippen LogP contribution is -2.52. The Kier molecular flexibility index (Phi) is 4.69. The minimum absolute atomic E-state index is 0.00715. The number of carbonyl (C=O) groups is 2. The Morgan fingerprint density at radius 3 is 2.96 bits per heavy atom. The van der Waals surface area contributed by atoms with E-state index >= 15 is 0 Å². The standard InChI is InChI=1S/C17H23N3O3/c1-12(21)19-14-6-4-8-20(11-14)17(22)18-10-15-9-13-5-2-3-7-16(13)23-15/h2-3,5,7,14-15H,4,6,8-11H2,1H3,(H,18,22)(H,19,21)/t14-,15-/m1/s1. The van der Waals surface area contributed by atoms with Gasteiger partial charge in [0, 0.05) is 32.5 Å². The van der Waals surface area contributed by atoms with Crippen molar-refractivity contribution in [2.75, 3.05) is 19.6 Å². The Labute approximate surface area is 136 Å². The van der Waals surface area contributed by atoms with Crippen molar-refractivity contribution in [1.29, 1.82) is 0 Å². The maximum absolute atomic E-state index is 12.3. The summed E-state index contributed by atoms with van der Waals surface area (Å²) in [6.45, 7) is 3.30. The molecule has 0 bridgehead atoms. The first-order valence-electron chi connectivity index (χ1n) is 8.16. The van der Waals surface area contributed by atoms with Crippen LogP contribution in [0.25, 0.3) is 0 Å². The van der Waals surface area contributed by atoms with Crippen LogP contribution in [0.2, 0.25) is 0 Å². The molecule has 23 heavy (non-hydrogen) atoms. The van der Waals surface area contributed by atoms with Gasteiger partial charge in [-0.2, -0.15) is 0 Å². The summed E-state index contributed by atoms with van der Waals surface area (Å²) in [6.07, 6.45) is 2.64. The van der Waals surface area contributed by atoms with Crippen LogP contribution in [0.5, 0.6) is 5.75 Å². The molecule has 0 spiro atoms. The van der Waals surface area contributed by atoms with E-state index in [0.29, 0.717) is 13.1 Å². The van der Waals surface area contributed by atoms with Gasteiger partial charge in [0.05, 0.1) is 6.54 Å². The number of ether oxygens (including phenoxy) is 1. The van der Waals surface area contributed by atoms with E-state index in [9.17, 15) is 9.59 Å². The Morgan fingerprint density at radius 2 is 2.17 bits per heavy atom. The molecule has 1 fully saturated rings. The van der Waals surface area contributed by atoms with Crippen LogP contribution in [0, 0.1) is 0 Å². The second kappa shape index (κ2) is 6.89. The Morgan fingerprint density at radius 1 is 1.35 bits per heavy atom. The summed E-state index contributed by atoms with van der Waals surface area (Å²) in [5.74, 6) is 0.866. The predicted octanol–water partition coefficient (Wildman–Crippen LogP) is 1.30. The van der Waals surface area contributed by atoms with E-state index in [4.69, 9.17) is 4.74 Å².